The lowest BCUT2D eigenvalue weighted by molar-refractivity contribution is -0.144. The number of hydrogen-bond donors (Lipinski definition) is 1. The minimum Gasteiger partial charge on any atom is -0.465 e. The quantitative estimate of drug-likeness (QED) is 0.382. The number of Topliss-reactive ketones (excluding diaryl/α,β-unsaturated/α-hetero) is 1. The van der Waals surface area contributed by atoms with Gasteiger partial charge in [0.2, 0.25) is 5.78 Å². The van der Waals surface area contributed by atoms with Crippen molar-refractivity contribution in [2.45, 2.75) is 0 Å². The molecule has 1 heterocycles. The zero-order valence-corrected chi connectivity index (χ0v) is 12.2. The highest BCUT2D eigenvalue weighted by Gasteiger charge is 2.34. The van der Waals surface area contributed by atoms with Crippen molar-refractivity contribution in [1.82, 2.24) is 0 Å². The molecule has 1 aliphatic rings. The van der Waals surface area contributed by atoms with Crippen LogP contribution in [0.3, 0.4) is 0 Å². The number of rotatable bonds is 2. The fraction of sp³-hybridized carbons (Fsp3) is 0.154. The van der Waals surface area contributed by atoms with Crippen LogP contribution < -0.4 is 5.32 Å². The van der Waals surface area contributed by atoms with E-state index in [1.165, 1.54) is 0 Å². The maximum absolute atomic E-state index is 12.3. The van der Waals surface area contributed by atoms with Crippen molar-refractivity contribution in [2.24, 2.45) is 0 Å². The van der Waals surface area contributed by atoms with Crippen LogP contribution in [0.1, 0.15) is 10.4 Å². The zero-order chi connectivity index (χ0) is 14.9. The molecule has 0 radical (unpaired) electrons. The van der Waals surface area contributed by atoms with Gasteiger partial charge in [-0.05, 0) is 18.2 Å². The van der Waals surface area contributed by atoms with E-state index in [4.69, 9.17) is 0 Å². The largest absolute Gasteiger partial charge is 0.465 e. The average Bonchev–Trinajstić information content (AvgIpc) is 2.76. The Labute approximate surface area is 122 Å². The van der Waals surface area contributed by atoms with Crippen molar-refractivity contribution in [3.8, 4) is 0 Å². The number of carbonyl (C=O) groups excluding carboxylic acids is 3. The highest BCUT2D eigenvalue weighted by Crippen LogP contribution is 2.32. The monoisotopic (exact) mass is 339 g/mol. The second-order valence-electron chi connectivity index (χ2n) is 3.88. The summed E-state index contributed by atoms with van der Waals surface area (Å²) < 4.78 is 9.75. The van der Waals surface area contributed by atoms with Crippen LogP contribution in [0, 0.1) is 0 Å². The molecule has 104 valence electrons. The summed E-state index contributed by atoms with van der Waals surface area (Å²) in [4.78, 5) is 35.6. The van der Waals surface area contributed by atoms with Gasteiger partial charge in [0.15, 0.2) is 5.57 Å². The van der Waals surface area contributed by atoms with E-state index in [1.807, 2.05) is 0 Å². The fourth-order valence-corrected chi connectivity index (χ4v) is 2.17. The number of nitrogens with one attached hydrogen (secondary N) is 1. The Morgan fingerprint density at radius 1 is 1.15 bits per heavy atom. The molecule has 1 N–H and O–H groups in total. The maximum atomic E-state index is 12.3. The summed E-state index contributed by atoms with van der Waals surface area (Å²) in [7, 11) is 2.24. The molecule has 0 aliphatic carbocycles. The van der Waals surface area contributed by atoms with Crippen LogP contribution >= 0.6 is 15.9 Å². The number of hydrogen-bond acceptors (Lipinski definition) is 6. The SMILES string of the molecule is COC(=O)C(C(=O)OC)=C1Nc2ccc(Br)cc2C1=O. The second-order valence-corrected chi connectivity index (χ2v) is 4.79. The summed E-state index contributed by atoms with van der Waals surface area (Å²) in [6.45, 7) is 0. The molecule has 0 aromatic heterocycles. The third-order valence-corrected chi connectivity index (χ3v) is 3.24. The molecule has 0 spiro atoms. The van der Waals surface area contributed by atoms with Gasteiger partial charge < -0.3 is 14.8 Å². The molecule has 6 nitrogen and oxygen atoms in total. The molecule has 0 bridgehead atoms. The zero-order valence-electron chi connectivity index (χ0n) is 10.7. The summed E-state index contributed by atoms with van der Waals surface area (Å²) in [6.07, 6.45) is 0. The highest BCUT2D eigenvalue weighted by molar-refractivity contribution is 9.10. The van der Waals surface area contributed by atoms with E-state index in [1.54, 1.807) is 18.2 Å². The number of ketones is 1. The summed E-state index contributed by atoms with van der Waals surface area (Å²) in [6, 6.07) is 5.00. The fourth-order valence-electron chi connectivity index (χ4n) is 1.81. The number of benzene rings is 1. The number of ether oxygens (including phenoxy) is 2. The summed E-state index contributed by atoms with van der Waals surface area (Å²) in [5.74, 6) is -2.33. The lowest BCUT2D eigenvalue weighted by Crippen LogP contribution is -2.22. The van der Waals surface area contributed by atoms with Gasteiger partial charge in [-0.1, -0.05) is 15.9 Å². The predicted octanol–water partition coefficient (Wildman–Crippen LogP) is 1.66. The molecule has 0 fully saturated rings. The second kappa shape index (κ2) is 5.46. The molecule has 0 saturated heterocycles. The Bertz CT molecular complexity index is 632. The number of halogens is 1. The first-order chi connectivity index (χ1) is 9.49. The van der Waals surface area contributed by atoms with Crippen LogP contribution in [0.25, 0.3) is 0 Å². The van der Waals surface area contributed by atoms with Crippen LogP contribution in [0.5, 0.6) is 0 Å². The highest BCUT2D eigenvalue weighted by atomic mass is 79.9. The van der Waals surface area contributed by atoms with E-state index in [9.17, 15) is 14.4 Å². The molecule has 0 saturated carbocycles. The van der Waals surface area contributed by atoms with Gasteiger partial charge in [-0.3, -0.25) is 4.79 Å². The molecule has 1 aromatic carbocycles. The Morgan fingerprint density at radius 2 is 1.75 bits per heavy atom. The normalized spacial score (nSPS) is 12.6. The smallest absolute Gasteiger partial charge is 0.347 e. The molecule has 0 amide bonds. The third-order valence-electron chi connectivity index (χ3n) is 2.74. The summed E-state index contributed by atoms with van der Waals surface area (Å²) in [5.41, 5.74) is 0.280. The van der Waals surface area contributed by atoms with Gasteiger partial charge in [0, 0.05) is 15.7 Å². The maximum Gasteiger partial charge on any atom is 0.347 e. The number of methoxy groups -OCH3 is 2. The van der Waals surface area contributed by atoms with Gasteiger partial charge in [-0.25, -0.2) is 9.59 Å². The van der Waals surface area contributed by atoms with Crippen LogP contribution in [0.15, 0.2) is 33.9 Å². The molecule has 1 aromatic rings. The molecule has 1 aliphatic heterocycles. The van der Waals surface area contributed by atoms with Crippen molar-refractivity contribution >= 4 is 39.3 Å². The first-order valence-corrected chi connectivity index (χ1v) is 6.31. The molecule has 0 unspecified atom stereocenters. The molecule has 0 atom stereocenters. The average molecular weight is 340 g/mol. The van der Waals surface area contributed by atoms with Crippen molar-refractivity contribution in [3.63, 3.8) is 0 Å². The van der Waals surface area contributed by atoms with E-state index >= 15 is 0 Å². The van der Waals surface area contributed by atoms with Crippen LogP contribution in [0.2, 0.25) is 0 Å². The van der Waals surface area contributed by atoms with Crippen molar-refractivity contribution in [3.05, 3.63) is 39.5 Å². The van der Waals surface area contributed by atoms with Gasteiger partial charge in [0.25, 0.3) is 0 Å². The number of esters is 2. The van der Waals surface area contributed by atoms with E-state index in [2.05, 4.69) is 30.7 Å². The molecular formula is C13H10BrNO5. The van der Waals surface area contributed by atoms with E-state index in [0.29, 0.717) is 15.7 Å². The van der Waals surface area contributed by atoms with Crippen LogP contribution in [0.4, 0.5) is 5.69 Å². The van der Waals surface area contributed by atoms with E-state index in [0.717, 1.165) is 14.2 Å². The number of anilines is 1. The van der Waals surface area contributed by atoms with E-state index in [-0.39, 0.29) is 5.70 Å². The predicted molar refractivity (Wildman–Crippen MR) is 73.2 cm³/mol. The lowest BCUT2D eigenvalue weighted by Gasteiger charge is -2.06. The number of allylic oxidation sites excluding steroid dienone is 1. The van der Waals surface area contributed by atoms with Crippen molar-refractivity contribution < 1.29 is 23.9 Å². The molecule has 20 heavy (non-hydrogen) atoms. The van der Waals surface area contributed by atoms with Gasteiger partial charge >= 0.3 is 11.9 Å². The molecule has 2 rings (SSSR count). The standard InChI is InChI=1S/C13H10BrNO5/c1-19-12(17)9(13(18)20-2)10-11(16)7-5-6(14)3-4-8(7)15-10/h3-5,15H,1-2H3. The van der Waals surface area contributed by atoms with Gasteiger partial charge in [-0.15, -0.1) is 0 Å². The Hall–Kier alpha value is -2.15. The lowest BCUT2D eigenvalue weighted by atomic mass is 10.1. The van der Waals surface area contributed by atoms with Crippen LogP contribution in [-0.2, 0) is 19.1 Å². The minimum atomic E-state index is -0.931. The summed E-state index contributed by atoms with van der Waals surface area (Å²) in [5, 5.41) is 2.75. The number of carbonyl (C=O) groups is 3. The minimum absolute atomic E-state index is 0.142. The molecule has 7 heteroatoms. The van der Waals surface area contributed by atoms with Gasteiger partial charge in [-0.2, -0.15) is 0 Å². The third kappa shape index (κ3) is 2.32. The van der Waals surface area contributed by atoms with Gasteiger partial charge in [0.1, 0.15) is 5.70 Å². The Morgan fingerprint density at radius 3 is 2.30 bits per heavy atom. The number of fused-ring (bicyclic) bond motifs is 1. The first kappa shape index (κ1) is 14.3. The van der Waals surface area contributed by atoms with Gasteiger partial charge in [0.05, 0.1) is 14.2 Å². The first-order valence-electron chi connectivity index (χ1n) is 5.51. The van der Waals surface area contributed by atoms with Crippen molar-refractivity contribution in [1.29, 1.82) is 0 Å². The Kier molecular flexibility index (Phi) is 3.89. The van der Waals surface area contributed by atoms with Crippen LogP contribution in [-0.4, -0.2) is 31.9 Å². The van der Waals surface area contributed by atoms with E-state index < -0.39 is 23.3 Å². The summed E-state index contributed by atoms with van der Waals surface area (Å²) >= 11 is 3.26. The topological polar surface area (TPSA) is 81.7 Å². The van der Waals surface area contributed by atoms with Crippen molar-refractivity contribution in [2.75, 3.05) is 19.5 Å². The Balaban J connectivity index is 2.57. The molecular weight excluding hydrogens is 330 g/mol.